The molecule has 3 heteroatoms. The molecule has 1 heterocycles. The molecule has 1 aromatic heterocycles. The summed E-state index contributed by atoms with van der Waals surface area (Å²) in [4.78, 5) is 11.0. The second-order valence-electron chi connectivity index (χ2n) is 5.54. The largest absolute Gasteiger partial charge is 0.545 e. The Morgan fingerprint density at radius 2 is 1.80 bits per heavy atom. The summed E-state index contributed by atoms with van der Waals surface area (Å²) < 4.78 is 2.26. The predicted octanol–water partition coefficient (Wildman–Crippen LogP) is 2.81. The minimum atomic E-state index is -1.13. The molecule has 3 aromatic rings. The van der Waals surface area contributed by atoms with Crippen molar-refractivity contribution in [2.45, 2.75) is 20.4 Å². The summed E-state index contributed by atoms with van der Waals surface area (Å²) in [7, 11) is 0. The van der Waals surface area contributed by atoms with Gasteiger partial charge in [0.25, 0.3) is 0 Å². The lowest BCUT2D eigenvalue weighted by molar-refractivity contribution is -0.255. The SMILES string of the molecule is CC(C)Cn1c2ccccc2c2cc(C(=O)[O-])ccc21. The number of rotatable bonds is 3. The fourth-order valence-corrected chi connectivity index (χ4v) is 2.74. The van der Waals surface area contributed by atoms with Gasteiger partial charge >= 0.3 is 0 Å². The highest BCUT2D eigenvalue weighted by Crippen LogP contribution is 2.30. The van der Waals surface area contributed by atoms with Crippen molar-refractivity contribution in [1.29, 1.82) is 0 Å². The smallest absolute Gasteiger partial charge is 0.0715 e. The number of benzene rings is 2. The van der Waals surface area contributed by atoms with Crippen molar-refractivity contribution in [1.82, 2.24) is 4.57 Å². The summed E-state index contributed by atoms with van der Waals surface area (Å²) in [6.07, 6.45) is 0. The summed E-state index contributed by atoms with van der Waals surface area (Å²) >= 11 is 0. The number of aromatic carboxylic acids is 1. The van der Waals surface area contributed by atoms with Crippen LogP contribution in [0.1, 0.15) is 24.2 Å². The first-order valence-corrected chi connectivity index (χ1v) is 6.80. The molecule has 0 aliphatic rings. The van der Waals surface area contributed by atoms with Crippen LogP contribution in [0.25, 0.3) is 21.8 Å². The monoisotopic (exact) mass is 266 g/mol. The molecule has 0 saturated heterocycles. The standard InChI is InChI=1S/C17H17NO2/c1-11(2)10-18-15-6-4-3-5-13(15)14-9-12(17(19)20)7-8-16(14)18/h3-9,11H,10H2,1-2H3,(H,19,20)/p-1. The van der Waals surface area contributed by atoms with Crippen LogP contribution in [0.15, 0.2) is 42.5 Å². The zero-order chi connectivity index (χ0) is 14.3. The van der Waals surface area contributed by atoms with Crippen LogP contribution >= 0.6 is 0 Å². The lowest BCUT2D eigenvalue weighted by atomic mass is 10.1. The normalized spacial score (nSPS) is 11.6. The van der Waals surface area contributed by atoms with Gasteiger partial charge in [-0.15, -0.1) is 0 Å². The number of fused-ring (bicyclic) bond motifs is 3. The first kappa shape index (κ1) is 12.7. The average Bonchev–Trinajstić information content (AvgIpc) is 2.73. The molecule has 0 N–H and O–H groups in total. The van der Waals surface area contributed by atoms with Gasteiger partial charge in [0, 0.05) is 28.4 Å². The van der Waals surface area contributed by atoms with Gasteiger partial charge < -0.3 is 14.5 Å². The Kier molecular flexibility index (Phi) is 2.97. The number of hydrogen-bond donors (Lipinski definition) is 0. The van der Waals surface area contributed by atoms with Crippen LogP contribution in [0.4, 0.5) is 0 Å². The van der Waals surface area contributed by atoms with Crippen LogP contribution in [0.5, 0.6) is 0 Å². The lowest BCUT2D eigenvalue weighted by Gasteiger charge is -2.10. The summed E-state index contributed by atoms with van der Waals surface area (Å²) in [5, 5.41) is 13.1. The van der Waals surface area contributed by atoms with E-state index in [9.17, 15) is 9.90 Å². The molecular formula is C17H16NO2-. The van der Waals surface area contributed by atoms with E-state index < -0.39 is 5.97 Å². The number of para-hydroxylation sites is 1. The van der Waals surface area contributed by atoms with Crippen molar-refractivity contribution in [3.05, 3.63) is 48.0 Å². The van der Waals surface area contributed by atoms with Crippen LogP contribution in [0.2, 0.25) is 0 Å². The Morgan fingerprint density at radius 1 is 1.10 bits per heavy atom. The highest BCUT2D eigenvalue weighted by Gasteiger charge is 2.11. The van der Waals surface area contributed by atoms with Crippen molar-refractivity contribution >= 4 is 27.8 Å². The Hall–Kier alpha value is -2.29. The molecule has 0 fully saturated rings. The van der Waals surface area contributed by atoms with Crippen LogP contribution in [0.3, 0.4) is 0 Å². The molecule has 0 aliphatic heterocycles. The summed E-state index contributed by atoms with van der Waals surface area (Å²) in [5.74, 6) is -0.609. The maximum Gasteiger partial charge on any atom is 0.0715 e. The number of carboxylic acids is 1. The highest BCUT2D eigenvalue weighted by atomic mass is 16.4. The van der Waals surface area contributed by atoms with Crippen LogP contribution < -0.4 is 5.11 Å². The number of carboxylic acid groups (broad SMARTS) is 1. The molecule has 20 heavy (non-hydrogen) atoms. The molecule has 0 bridgehead atoms. The molecule has 0 saturated carbocycles. The Labute approximate surface area is 117 Å². The van der Waals surface area contributed by atoms with E-state index in [1.165, 1.54) is 0 Å². The van der Waals surface area contributed by atoms with E-state index in [1.807, 2.05) is 24.3 Å². The van der Waals surface area contributed by atoms with E-state index in [0.29, 0.717) is 5.92 Å². The third kappa shape index (κ3) is 1.95. The number of nitrogens with zero attached hydrogens (tertiary/aromatic N) is 1. The average molecular weight is 266 g/mol. The maximum absolute atomic E-state index is 11.0. The van der Waals surface area contributed by atoms with E-state index in [4.69, 9.17) is 0 Å². The van der Waals surface area contributed by atoms with E-state index in [1.54, 1.807) is 12.1 Å². The van der Waals surface area contributed by atoms with Crippen molar-refractivity contribution in [2.24, 2.45) is 5.92 Å². The fraction of sp³-hybridized carbons (Fsp3) is 0.235. The molecule has 0 aliphatic carbocycles. The van der Waals surface area contributed by atoms with Crippen molar-refractivity contribution in [2.75, 3.05) is 0 Å². The second-order valence-corrected chi connectivity index (χ2v) is 5.54. The molecule has 2 aromatic carbocycles. The van der Waals surface area contributed by atoms with Gasteiger partial charge in [0.15, 0.2) is 0 Å². The van der Waals surface area contributed by atoms with Crippen LogP contribution in [0, 0.1) is 5.92 Å². The molecule has 0 atom stereocenters. The maximum atomic E-state index is 11.0. The van der Waals surface area contributed by atoms with Gasteiger partial charge in [-0.2, -0.15) is 0 Å². The lowest BCUT2D eigenvalue weighted by Crippen LogP contribution is -2.21. The van der Waals surface area contributed by atoms with Crippen LogP contribution in [-0.4, -0.2) is 10.5 Å². The molecular weight excluding hydrogens is 250 g/mol. The second kappa shape index (κ2) is 4.67. The van der Waals surface area contributed by atoms with E-state index in [-0.39, 0.29) is 5.56 Å². The van der Waals surface area contributed by atoms with E-state index in [2.05, 4.69) is 24.5 Å². The third-order valence-electron chi connectivity index (χ3n) is 3.56. The van der Waals surface area contributed by atoms with Gasteiger partial charge in [0.05, 0.1) is 5.97 Å². The number of hydrogen-bond acceptors (Lipinski definition) is 2. The van der Waals surface area contributed by atoms with E-state index in [0.717, 1.165) is 28.4 Å². The molecule has 102 valence electrons. The fourth-order valence-electron chi connectivity index (χ4n) is 2.74. The Balaban J connectivity index is 2.38. The Morgan fingerprint density at radius 3 is 2.50 bits per heavy atom. The van der Waals surface area contributed by atoms with Gasteiger partial charge in [-0.25, -0.2) is 0 Å². The predicted molar refractivity (Wildman–Crippen MR) is 78.6 cm³/mol. The Bertz CT molecular complexity index is 799. The minimum absolute atomic E-state index is 0.227. The van der Waals surface area contributed by atoms with E-state index >= 15 is 0 Å². The van der Waals surface area contributed by atoms with Crippen molar-refractivity contribution in [3.8, 4) is 0 Å². The number of aromatic nitrogens is 1. The zero-order valence-electron chi connectivity index (χ0n) is 11.6. The highest BCUT2D eigenvalue weighted by molar-refractivity contribution is 6.09. The topological polar surface area (TPSA) is 45.1 Å². The molecule has 0 unspecified atom stereocenters. The van der Waals surface area contributed by atoms with Gasteiger partial charge in [0.2, 0.25) is 0 Å². The van der Waals surface area contributed by atoms with Crippen molar-refractivity contribution in [3.63, 3.8) is 0 Å². The summed E-state index contributed by atoms with van der Waals surface area (Å²) in [6.45, 7) is 5.26. The molecule has 0 radical (unpaired) electrons. The molecule has 3 rings (SSSR count). The van der Waals surface area contributed by atoms with Gasteiger partial charge in [-0.1, -0.05) is 38.1 Å². The van der Waals surface area contributed by atoms with Gasteiger partial charge in [-0.3, -0.25) is 0 Å². The summed E-state index contributed by atoms with van der Waals surface area (Å²) in [5.41, 5.74) is 2.45. The van der Waals surface area contributed by atoms with Gasteiger partial charge in [0.1, 0.15) is 0 Å². The number of carbonyl (C=O) groups excluding carboxylic acids is 1. The number of carbonyl (C=O) groups is 1. The molecule has 0 amide bonds. The zero-order valence-corrected chi connectivity index (χ0v) is 11.6. The molecule has 0 spiro atoms. The third-order valence-corrected chi connectivity index (χ3v) is 3.56. The summed E-state index contributed by atoms with van der Waals surface area (Å²) in [6, 6.07) is 13.3. The first-order valence-electron chi connectivity index (χ1n) is 6.80. The van der Waals surface area contributed by atoms with Crippen molar-refractivity contribution < 1.29 is 9.90 Å². The van der Waals surface area contributed by atoms with Crippen LogP contribution in [-0.2, 0) is 6.54 Å². The quantitative estimate of drug-likeness (QED) is 0.731. The van der Waals surface area contributed by atoms with Gasteiger partial charge in [-0.05, 0) is 29.7 Å². The minimum Gasteiger partial charge on any atom is -0.545 e. The first-order chi connectivity index (χ1) is 9.58. The molecule has 3 nitrogen and oxygen atoms in total.